The van der Waals surface area contributed by atoms with E-state index < -0.39 is 5.41 Å². The number of carbonyl (C=O) groups excluding carboxylic acids is 2. The fourth-order valence-electron chi connectivity index (χ4n) is 3.15. The fourth-order valence-corrected chi connectivity index (χ4v) is 3.27. The highest BCUT2D eigenvalue weighted by atomic mass is 35.5. The molecule has 1 aromatic carbocycles. The third-order valence-corrected chi connectivity index (χ3v) is 4.80. The Balaban J connectivity index is 2.12. The predicted octanol–water partition coefficient (Wildman–Crippen LogP) is 2.65. The molecule has 120 valence electrons. The van der Waals surface area contributed by atoms with Crippen molar-refractivity contribution < 1.29 is 9.59 Å². The molecule has 2 amide bonds. The van der Waals surface area contributed by atoms with Crippen molar-refractivity contribution in [3.63, 3.8) is 0 Å². The zero-order valence-corrected chi connectivity index (χ0v) is 13.9. The first kappa shape index (κ1) is 16.8. The maximum atomic E-state index is 12.8. The second-order valence-electron chi connectivity index (χ2n) is 6.02. The van der Waals surface area contributed by atoms with Gasteiger partial charge in [0, 0.05) is 18.6 Å². The summed E-state index contributed by atoms with van der Waals surface area (Å²) in [6.45, 7) is 2.16. The molecule has 1 fully saturated rings. The molecule has 0 spiro atoms. The number of benzene rings is 1. The highest BCUT2D eigenvalue weighted by Crippen LogP contribution is 2.41. The molecule has 0 bridgehead atoms. The third kappa shape index (κ3) is 3.43. The summed E-state index contributed by atoms with van der Waals surface area (Å²) in [6.07, 6.45) is 3.77. The van der Waals surface area contributed by atoms with E-state index in [1.54, 1.807) is 7.05 Å². The summed E-state index contributed by atoms with van der Waals surface area (Å²) in [5.41, 5.74) is 0.534. The lowest BCUT2D eigenvalue weighted by molar-refractivity contribution is -0.127. The van der Waals surface area contributed by atoms with Crippen LogP contribution >= 0.6 is 11.6 Å². The van der Waals surface area contributed by atoms with Crippen LogP contribution in [-0.2, 0) is 15.0 Å². The van der Waals surface area contributed by atoms with Gasteiger partial charge in [-0.25, -0.2) is 0 Å². The van der Waals surface area contributed by atoms with E-state index in [-0.39, 0.29) is 17.7 Å². The fraction of sp³-hybridized carbons (Fsp3) is 0.529. The Morgan fingerprint density at radius 3 is 2.36 bits per heavy atom. The van der Waals surface area contributed by atoms with E-state index in [0.717, 1.165) is 31.2 Å². The molecule has 0 unspecified atom stereocenters. The summed E-state index contributed by atoms with van der Waals surface area (Å²) in [5, 5.41) is 6.23. The number of nitrogens with one attached hydrogen (secondary N) is 2. The van der Waals surface area contributed by atoms with Gasteiger partial charge in [0.15, 0.2) is 0 Å². The van der Waals surface area contributed by atoms with Gasteiger partial charge in [-0.3, -0.25) is 9.59 Å². The summed E-state index contributed by atoms with van der Waals surface area (Å²) in [6, 6.07) is 7.54. The minimum Gasteiger partial charge on any atom is -0.359 e. The molecule has 22 heavy (non-hydrogen) atoms. The first-order valence-electron chi connectivity index (χ1n) is 7.75. The van der Waals surface area contributed by atoms with Crippen LogP contribution in [0.5, 0.6) is 0 Å². The number of hydrogen-bond donors (Lipinski definition) is 2. The zero-order valence-electron chi connectivity index (χ0n) is 13.1. The minimum absolute atomic E-state index is 0.0167. The van der Waals surface area contributed by atoms with Crippen molar-refractivity contribution in [2.75, 3.05) is 13.6 Å². The van der Waals surface area contributed by atoms with Crippen molar-refractivity contribution in [2.24, 2.45) is 5.92 Å². The topological polar surface area (TPSA) is 58.2 Å². The number of halogens is 1. The second kappa shape index (κ2) is 7.14. The number of rotatable bonds is 5. The Morgan fingerprint density at radius 1 is 1.23 bits per heavy atom. The number of hydrogen-bond acceptors (Lipinski definition) is 2. The SMILES string of the molecule is CNC(=O)[C@@H](C)CNC(=O)C1(c2ccc(Cl)cc2)CCCC1. The quantitative estimate of drug-likeness (QED) is 0.875. The Hall–Kier alpha value is -1.55. The maximum Gasteiger partial charge on any atom is 0.230 e. The molecule has 2 rings (SSSR count). The Labute approximate surface area is 136 Å². The van der Waals surface area contributed by atoms with Crippen LogP contribution in [0, 0.1) is 5.92 Å². The van der Waals surface area contributed by atoms with Crippen molar-refractivity contribution >= 4 is 23.4 Å². The van der Waals surface area contributed by atoms with Gasteiger partial charge in [0.25, 0.3) is 0 Å². The summed E-state index contributed by atoms with van der Waals surface area (Å²) >= 11 is 5.95. The second-order valence-corrected chi connectivity index (χ2v) is 6.46. The average Bonchev–Trinajstić information content (AvgIpc) is 3.03. The van der Waals surface area contributed by atoms with Gasteiger partial charge in [0.05, 0.1) is 11.3 Å². The molecule has 1 aliphatic carbocycles. The number of carbonyl (C=O) groups is 2. The van der Waals surface area contributed by atoms with Gasteiger partial charge in [-0.1, -0.05) is 43.5 Å². The minimum atomic E-state index is -0.479. The molecule has 1 saturated carbocycles. The van der Waals surface area contributed by atoms with Crippen LogP contribution in [0.1, 0.15) is 38.2 Å². The van der Waals surface area contributed by atoms with Crippen LogP contribution in [0.3, 0.4) is 0 Å². The van der Waals surface area contributed by atoms with E-state index in [0.29, 0.717) is 11.6 Å². The molecule has 1 aromatic rings. The Bertz CT molecular complexity index is 536. The monoisotopic (exact) mass is 322 g/mol. The summed E-state index contributed by atoms with van der Waals surface area (Å²) < 4.78 is 0. The van der Waals surface area contributed by atoms with E-state index in [4.69, 9.17) is 11.6 Å². The first-order valence-corrected chi connectivity index (χ1v) is 8.13. The van der Waals surface area contributed by atoms with Gasteiger partial charge in [0.1, 0.15) is 0 Å². The smallest absolute Gasteiger partial charge is 0.230 e. The normalized spacial score (nSPS) is 17.8. The van der Waals surface area contributed by atoms with Gasteiger partial charge >= 0.3 is 0 Å². The van der Waals surface area contributed by atoms with Gasteiger partial charge in [0.2, 0.25) is 11.8 Å². The van der Waals surface area contributed by atoms with Gasteiger partial charge in [-0.15, -0.1) is 0 Å². The largest absolute Gasteiger partial charge is 0.359 e. The lowest BCUT2D eigenvalue weighted by Crippen LogP contribution is -2.45. The zero-order chi connectivity index (χ0) is 16.2. The van der Waals surface area contributed by atoms with Crippen LogP contribution in [0.15, 0.2) is 24.3 Å². The lowest BCUT2D eigenvalue weighted by atomic mass is 9.78. The standard InChI is InChI=1S/C17H23ClN2O2/c1-12(15(21)19-2)11-20-16(22)17(9-3-4-10-17)13-5-7-14(18)8-6-13/h5-8,12H,3-4,9-11H2,1-2H3,(H,19,21)(H,20,22)/t12-/m0/s1. The van der Waals surface area contributed by atoms with Crippen molar-refractivity contribution in [1.82, 2.24) is 10.6 Å². The highest BCUT2D eigenvalue weighted by molar-refractivity contribution is 6.30. The van der Waals surface area contributed by atoms with Gasteiger partial charge in [-0.2, -0.15) is 0 Å². The van der Waals surface area contributed by atoms with Crippen molar-refractivity contribution in [3.05, 3.63) is 34.9 Å². The van der Waals surface area contributed by atoms with Crippen molar-refractivity contribution in [3.8, 4) is 0 Å². The average molecular weight is 323 g/mol. The van der Waals surface area contributed by atoms with Gasteiger partial charge < -0.3 is 10.6 Å². The molecule has 1 aliphatic rings. The van der Waals surface area contributed by atoms with E-state index in [9.17, 15) is 9.59 Å². The van der Waals surface area contributed by atoms with E-state index >= 15 is 0 Å². The van der Waals surface area contributed by atoms with Crippen molar-refractivity contribution in [1.29, 1.82) is 0 Å². The molecule has 2 N–H and O–H groups in total. The van der Waals surface area contributed by atoms with Crippen LogP contribution in [0.4, 0.5) is 0 Å². The molecule has 4 nitrogen and oxygen atoms in total. The van der Waals surface area contributed by atoms with Crippen molar-refractivity contribution in [2.45, 2.75) is 38.0 Å². The third-order valence-electron chi connectivity index (χ3n) is 4.55. The predicted molar refractivity (Wildman–Crippen MR) is 87.8 cm³/mol. The van der Waals surface area contributed by atoms with Crippen LogP contribution in [-0.4, -0.2) is 25.4 Å². The molecular formula is C17H23ClN2O2. The van der Waals surface area contributed by atoms with Crippen LogP contribution in [0.2, 0.25) is 5.02 Å². The molecule has 0 heterocycles. The molecule has 5 heteroatoms. The van der Waals surface area contributed by atoms with Crippen LogP contribution in [0.25, 0.3) is 0 Å². The molecule has 0 radical (unpaired) electrons. The maximum absolute atomic E-state index is 12.8. The molecule has 0 saturated heterocycles. The number of amides is 2. The van der Waals surface area contributed by atoms with E-state index in [1.807, 2.05) is 31.2 Å². The molecular weight excluding hydrogens is 300 g/mol. The highest BCUT2D eigenvalue weighted by Gasteiger charge is 2.42. The summed E-state index contributed by atoms with van der Waals surface area (Å²) in [7, 11) is 1.60. The first-order chi connectivity index (χ1) is 10.5. The summed E-state index contributed by atoms with van der Waals surface area (Å²) in [5.74, 6) is -0.284. The molecule has 0 aromatic heterocycles. The Kier molecular flexibility index (Phi) is 5.46. The van der Waals surface area contributed by atoms with E-state index in [2.05, 4.69) is 10.6 Å². The van der Waals surface area contributed by atoms with E-state index in [1.165, 1.54) is 0 Å². The lowest BCUT2D eigenvalue weighted by Gasteiger charge is -2.29. The summed E-state index contributed by atoms with van der Waals surface area (Å²) in [4.78, 5) is 24.3. The Morgan fingerprint density at radius 2 is 1.82 bits per heavy atom. The van der Waals surface area contributed by atoms with Gasteiger partial charge in [-0.05, 0) is 30.5 Å². The molecule has 1 atom stereocenters. The molecule has 0 aliphatic heterocycles. The van der Waals surface area contributed by atoms with Crippen LogP contribution < -0.4 is 10.6 Å².